The van der Waals surface area contributed by atoms with Gasteiger partial charge < -0.3 is 10.0 Å². The monoisotopic (exact) mass is 268 g/mol. The van der Waals surface area contributed by atoms with E-state index in [0.717, 1.165) is 0 Å². The molecule has 0 aromatic rings. The van der Waals surface area contributed by atoms with Crippen molar-refractivity contribution in [3.05, 3.63) is 0 Å². The molecule has 0 aromatic carbocycles. The number of aliphatic carboxylic acids is 1. The number of piperazine rings is 1. The van der Waals surface area contributed by atoms with Gasteiger partial charge in [-0.15, -0.1) is 0 Å². The number of hydrogen-bond acceptors (Lipinski definition) is 4. The van der Waals surface area contributed by atoms with Gasteiger partial charge in [-0.25, -0.2) is 0 Å². The fraction of sp³-hybridized carbons (Fsp3) is 0.667. The Balaban J connectivity index is 2.16. The van der Waals surface area contributed by atoms with E-state index in [1.165, 1.54) is 11.8 Å². The third-order valence-corrected chi connectivity index (χ3v) is 3.86. The summed E-state index contributed by atoms with van der Waals surface area (Å²) in [6.45, 7) is 1.35. The number of carboxylic acids is 1. The van der Waals surface area contributed by atoms with Crippen LogP contribution < -0.4 is 5.32 Å². The van der Waals surface area contributed by atoms with Gasteiger partial charge in [0, 0.05) is 0 Å². The molecule has 1 saturated carbocycles. The number of carboxylic acid groups (broad SMARTS) is 1. The van der Waals surface area contributed by atoms with Gasteiger partial charge in [0.05, 0.1) is 11.8 Å². The Morgan fingerprint density at radius 2 is 1.89 bits per heavy atom. The lowest BCUT2D eigenvalue weighted by Gasteiger charge is -2.34. The number of imide groups is 1. The molecule has 7 nitrogen and oxygen atoms in total. The van der Waals surface area contributed by atoms with Crippen LogP contribution in [0.4, 0.5) is 0 Å². The highest BCUT2D eigenvalue weighted by Crippen LogP contribution is 2.34. The topological polar surface area (TPSA) is 104 Å². The second-order valence-corrected chi connectivity index (χ2v) is 5.04. The molecule has 104 valence electrons. The standard InChI is InChI=1S/C12H16N2O5/c1-6-10(16)13-9(15)5-14(6)11(17)7-3-2-4-8(7)12(18)19/h6-8H,2-5H2,1H3,(H,18,19)(H,13,15,16)/t6?,7-,8+/m1/s1. The van der Waals surface area contributed by atoms with Crippen molar-refractivity contribution < 1.29 is 24.3 Å². The summed E-state index contributed by atoms with van der Waals surface area (Å²) >= 11 is 0. The highest BCUT2D eigenvalue weighted by atomic mass is 16.4. The molecule has 2 rings (SSSR count). The zero-order valence-electron chi connectivity index (χ0n) is 10.6. The van der Waals surface area contributed by atoms with Gasteiger partial charge in [0.1, 0.15) is 12.6 Å². The number of carbonyl (C=O) groups excluding carboxylic acids is 3. The van der Waals surface area contributed by atoms with Gasteiger partial charge in [0.15, 0.2) is 0 Å². The van der Waals surface area contributed by atoms with Crippen molar-refractivity contribution in [3.63, 3.8) is 0 Å². The molecule has 2 fully saturated rings. The van der Waals surface area contributed by atoms with E-state index in [0.29, 0.717) is 19.3 Å². The van der Waals surface area contributed by atoms with Crippen molar-refractivity contribution in [1.29, 1.82) is 0 Å². The van der Waals surface area contributed by atoms with Gasteiger partial charge in [-0.1, -0.05) is 6.42 Å². The molecule has 3 amide bonds. The quantitative estimate of drug-likeness (QED) is 0.648. The van der Waals surface area contributed by atoms with Crippen LogP contribution >= 0.6 is 0 Å². The summed E-state index contributed by atoms with van der Waals surface area (Å²) in [4.78, 5) is 47.5. The summed E-state index contributed by atoms with van der Waals surface area (Å²) in [6, 6.07) is -0.736. The number of nitrogens with one attached hydrogen (secondary N) is 1. The molecule has 0 radical (unpaired) electrons. The molecule has 0 bridgehead atoms. The summed E-state index contributed by atoms with van der Waals surface area (Å²) in [6.07, 6.45) is 1.64. The molecule has 1 heterocycles. The van der Waals surface area contributed by atoms with Crippen LogP contribution in [0.15, 0.2) is 0 Å². The lowest BCUT2D eigenvalue weighted by Crippen LogP contribution is -2.60. The summed E-state index contributed by atoms with van der Waals surface area (Å²) in [5.41, 5.74) is 0. The Morgan fingerprint density at radius 3 is 2.53 bits per heavy atom. The van der Waals surface area contributed by atoms with E-state index >= 15 is 0 Å². The zero-order valence-corrected chi connectivity index (χ0v) is 10.6. The zero-order chi connectivity index (χ0) is 14.2. The first-order valence-electron chi connectivity index (χ1n) is 6.28. The number of hydrogen-bond donors (Lipinski definition) is 2. The number of nitrogens with zero attached hydrogens (tertiary/aromatic N) is 1. The van der Waals surface area contributed by atoms with E-state index in [9.17, 15) is 19.2 Å². The summed E-state index contributed by atoms with van der Waals surface area (Å²) in [5.74, 6) is -3.77. The molecule has 0 spiro atoms. The fourth-order valence-corrected chi connectivity index (χ4v) is 2.75. The number of carbonyl (C=O) groups is 4. The molecule has 19 heavy (non-hydrogen) atoms. The van der Waals surface area contributed by atoms with Crippen molar-refractivity contribution in [2.45, 2.75) is 32.2 Å². The average molecular weight is 268 g/mol. The highest BCUT2D eigenvalue weighted by molar-refractivity contribution is 6.04. The van der Waals surface area contributed by atoms with Gasteiger partial charge in [-0.2, -0.15) is 0 Å². The fourth-order valence-electron chi connectivity index (χ4n) is 2.75. The summed E-state index contributed by atoms with van der Waals surface area (Å²) < 4.78 is 0. The van der Waals surface area contributed by atoms with Gasteiger partial charge in [0.25, 0.3) is 0 Å². The van der Waals surface area contributed by atoms with Gasteiger partial charge in [-0.3, -0.25) is 24.5 Å². The van der Waals surface area contributed by atoms with Crippen molar-refractivity contribution in [2.24, 2.45) is 11.8 Å². The molecule has 2 aliphatic rings. The Labute approximate surface area is 109 Å². The third kappa shape index (κ3) is 2.45. The Morgan fingerprint density at radius 1 is 1.26 bits per heavy atom. The lowest BCUT2D eigenvalue weighted by atomic mass is 9.94. The Hall–Kier alpha value is -1.92. The number of amides is 3. The predicted molar refractivity (Wildman–Crippen MR) is 62.8 cm³/mol. The second kappa shape index (κ2) is 4.99. The minimum Gasteiger partial charge on any atom is -0.481 e. The number of rotatable bonds is 2. The van der Waals surface area contributed by atoms with E-state index in [1.54, 1.807) is 0 Å². The smallest absolute Gasteiger partial charge is 0.307 e. The van der Waals surface area contributed by atoms with Crippen LogP contribution in [0, 0.1) is 11.8 Å². The van der Waals surface area contributed by atoms with Crippen LogP contribution in [-0.4, -0.2) is 46.3 Å². The van der Waals surface area contributed by atoms with E-state index in [1.807, 2.05) is 0 Å². The maximum absolute atomic E-state index is 12.3. The molecule has 1 aliphatic heterocycles. The van der Waals surface area contributed by atoms with E-state index < -0.39 is 41.6 Å². The van der Waals surface area contributed by atoms with Crippen LogP contribution in [0.3, 0.4) is 0 Å². The van der Waals surface area contributed by atoms with Crippen LogP contribution in [0.2, 0.25) is 0 Å². The lowest BCUT2D eigenvalue weighted by molar-refractivity contribution is -0.155. The summed E-state index contributed by atoms with van der Waals surface area (Å²) in [5, 5.41) is 11.2. The molecule has 1 unspecified atom stereocenters. The Kier molecular flexibility index (Phi) is 3.55. The third-order valence-electron chi connectivity index (χ3n) is 3.86. The van der Waals surface area contributed by atoms with Crippen molar-refractivity contribution >= 4 is 23.7 Å². The predicted octanol–water partition coefficient (Wildman–Crippen LogP) is -0.639. The van der Waals surface area contributed by atoms with E-state index in [-0.39, 0.29) is 6.54 Å². The molecule has 1 saturated heterocycles. The van der Waals surface area contributed by atoms with Crippen molar-refractivity contribution in [3.8, 4) is 0 Å². The molecular weight excluding hydrogens is 252 g/mol. The van der Waals surface area contributed by atoms with E-state index in [2.05, 4.69) is 5.32 Å². The van der Waals surface area contributed by atoms with Crippen LogP contribution in [-0.2, 0) is 19.2 Å². The second-order valence-electron chi connectivity index (χ2n) is 5.04. The Bertz CT molecular complexity index is 447. The van der Waals surface area contributed by atoms with Gasteiger partial charge in [0.2, 0.25) is 17.7 Å². The molecule has 0 aromatic heterocycles. The first-order chi connectivity index (χ1) is 8.91. The van der Waals surface area contributed by atoms with Gasteiger partial charge >= 0.3 is 5.97 Å². The minimum atomic E-state index is -0.990. The molecular formula is C12H16N2O5. The van der Waals surface area contributed by atoms with Crippen LogP contribution in [0.25, 0.3) is 0 Å². The maximum Gasteiger partial charge on any atom is 0.307 e. The van der Waals surface area contributed by atoms with Crippen LogP contribution in [0.5, 0.6) is 0 Å². The summed E-state index contributed by atoms with van der Waals surface area (Å²) in [7, 11) is 0. The largest absolute Gasteiger partial charge is 0.481 e. The van der Waals surface area contributed by atoms with Gasteiger partial charge in [-0.05, 0) is 19.8 Å². The molecule has 3 atom stereocenters. The maximum atomic E-state index is 12.3. The first-order valence-corrected chi connectivity index (χ1v) is 6.28. The molecule has 2 N–H and O–H groups in total. The highest BCUT2D eigenvalue weighted by Gasteiger charge is 2.43. The molecule has 7 heteroatoms. The first kappa shape index (κ1) is 13.5. The van der Waals surface area contributed by atoms with E-state index in [4.69, 9.17) is 5.11 Å². The SMILES string of the molecule is CC1C(=O)NC(=O)CN1C(=O)[C@@H]1CCC[C@@H]1C(=O)O. The minimum absolute atomic E-state index is 0.186. The van der Waals surface area contributed by atoms with Crippen molar-refractivity contribution in [1.82, 2.24) is 10.2 Å². The normalized spacial score (nSPS) is 31.2. The average Bonchev–Trinajstić information content (AvgIpc) is 2.82. The van der Waals surface area contributed by atoms with Crippen LogP contribution in [0.1, 0.15) is 26.2 Å². The van der Waals surface area contributed by atoms with Crippen molar-refractivity contribution in [2.75, 3.05) is 6.54 Å². The molecule has 1 aliphatic carbocycles.